The molecule has 0 bridgehead atoms. The molecule has 1 aromatic heterocycles. The van der Waals surface area contributed by atoms with Crippen molar-refractivity contribution in [2.45, 2.75) is 23.7 Å². The first-order valence-electron chi connectivity index (χ1n) is 8.68. The van der Waals surface area contributed by atoms with Gasteiger partial charge in [0, 0.05) is 28.8 Å². The number of amides is 1. The lowest BCUT2D eigenvalue weighted by molar-refractivity contribution is 0.102. The lowest BCUT2D eigenvalue weighted by Crippen LogP contribution is -2.14. The molecule has 1 saturated carbocycles. The predicted octanol–water partition coefficient (Wildman–Crippen LogP) is 4.48. The largest absolute Gasteiger partial charge is 0.322 e. The summed E-state index contributed by atoms with van der Waals surface area (Å²) in [7, 11) is -3.53. The normalized spacial score (nSPS) is 14.1. The van der Waals surface area contributed by atoms with Crippen molar-refractivity contribution < 1.29 is 17.6 Å². The van der Waals surface area contributed by atoms with Crippen LogP contribution in [0.5, 0.6) is 0 Å². The molecule has 0 radical (unpaired) electrons. The molecule has 4 rings (SSSR count). The second kappa shape index (κ2) is 7.10. The average Bonchev–Trinajstić information content (AvgIpc) is 3.38. The summed E-state index contributed by atoms with van der Waals surface area (Å²) < 4.78 is 37.1. The molecule has 28 heavy (non-hydrogen) atoms. The Labute approximate surface area is 166 Å². The SMILES string of the molecule is CS(=O)(=O)c1ccc(C(=O)Nc2ccc(-c3csc(C4CC4)n3)cc2)c(F)c1. The third kappa shape index (κ3) is 3.98. The molecular weight excluding hydrogens is 399 g/mol. The number of nitrogens with zero attached hydrogens (tertiary/aromatic N) is 1. The maximum atomic E-state index is 14.2. The summed E-state index contributed by atoms with van der Waals surface area (Å²) in [6.45, 7) is 0. The Kier molecular flexibility index (Phi) is 4.76. The first kappa shape index (κ1) is 18.8. The van der Waals surface area contributed by atoms with Gasteiger partial charge in [-0.05, 0) is 43.2 Å². The van der Waals surface area contributed by atoms with Crippen LogP contribution in [0.25, 0.3) is 11.3 Å². The molecule has 1 aliphatic carbocycles. The van der Waals surface area contributed by atoms with Crippen LogP contribution in [-0.2, 0) is 9.84 Å². The summed E-state index contributed by atoms with van der Waals surface area (Å²) in [5, 5.41) is 5.82. The second-order valence-electron chi connectivity index (χ2n) is 6.79. The Hall–Kier alpha value is -2.58. The molecular formula is C20H17FN2O3S2. The third-order valence-electron chi connectivity index (χ3n) is 4.50. The van der Waals surface area contributed by atoms with Crippen LogP contribution in [0.4, 0.5) is 10.1 Å². The van der Waals surface area contributed by atoms with Gasteiger partial charge in [-0.15, -0.1) is 11.3 Å². The number of hydrogen-bond acceptors (Lipinski definition) is 5. The van der Waals surface area contributed by atoms with Crippen LogP contribution in [-0.4, -0.2) is 25.6 Å². The van der Waals surface area contributed by atoms with Crippen LogP contribution in [0.2, 0.25) is 0 Å². The van der Waals surface area contributed by atoms with Crippen molar-refractivity contribution in [2.75, 3.05) is 11.6 Å². The molecule has 5 nitrogen and oxygen atoms in total. The van der Waals surface area contributed by atoms with Gasteiger partial charge < -0.3 is 5.32 Å². The minimum Gasteiger partial charge on any atom is -0.322 e. The van der Waals surface area contributed by atoms with Gasteiger partial charge in [-0.2, -0.15) is 0 Å². The van der Waals surface area contributed by atoms with E-state index in [4.69, 9.17) is 0 Å². The van der Waals surface area contributed by atoms with E-state index in [2.05, 4.69) is 10.3 Å². The monoisotopic (exact) mass is 416 g/mol. The fraction of sp³-hybridized carbons (Fsp3) is 0.200. The summed E-state index contributed by atoms with van der Waals surface area (Å²) in [5.41, 5.74) is 2.15. The number of aromatic nitrogens is 1. The number of thiazole rings is 1. The Balaban J connectivity index is 1.48. The maximum Gasteiger partial charge on any atom is 0.258 e. The van der Waals surface area contributed by atoms with E-state index < -0.39 is 21.6 Å². The van der Waals surface area contributed by atoms with Crippen molar-refractivity contribution in [1.29, 1.82) is 0 Å². The van der Waals surface area contributed by atoms with Gasteiger partial charge in [0.2, 0.25) is 0 Å². The Morgan fingerprint density at radius 3 is 2.50 bits per heavy atom. The highest BCUT2D eigenvalue weighted by Crippen LogP contribution is 2.42. The predicted molar refractivity (Wildman–Crippen MR) is 107 cm³/mol. The molecule has 2 aromatic carbocycles. The zero-order valence-electron chi connectivity index (χ0n) is 15.0. The first-order chi connectivity index (χ1) is 13.3. The van der Waals surface area contributed by atoms with E-state index in [0.717, 1.165) is 23.6 Å². The van der Waals surface area contributed by atoms with Crippen molar-refractivity contribution in [3.63, 3.8) is 0 Å². The minimum atomic E-state index is -3.53. The van der Waals surface area contributed by atoms with Crippen molar-refractivity contribution in [2.24, 2.45) is 0 Å². The average molecular weight is 416 g/mol. The number of benzene rings is 2. The van der Waals surface area contributed by atoms with Crippen LogP contribution >= 0.6 is 11.3 Å². The van der Waals surface area contributed by atoms with Gasteiger partial charge >= 0.3 is 0 Å². The van der Waals surface area contributed by atoms with Crippen molar-refractivity contribution in [3.8, 4) is 11.3 Å². The first-order valence-corrected chi connectivity index (χ1v) is 11.5. The summed E-state index contributed by atoms with van der Waals surface area (Å²) >= 11 is 1.67. The summed E-state index contributed by atoms with van der Waals surface area (Å²) in [5.74, 6) is -0.914. The van der Waals surface area contributed by atoms with E-state index in [0.29, 0.717) is 11.6 Å². The highest BCUT2D eigenvalue weighted by molar-refractivity contribution is 7.90. The number of rotatable bonds is 5. The highest BCUT2D eigenvalue weighted by Gasteiger charge is 2.26. The van der Waals surface area contributed by atoms with Crippen LogP contribution in [0.1, 0.15) is 34.1 Å². The smallest absolute Gasteiger partial charge is 0.258 e. The molecule has 3 aromatic rings. The highest BCUT2D eigenvalue weighted by atomic mass is 32.2. The van der Waals surface area contributed by atoms with Crippen molar-refractivity contribution in [3.05, 3.63) is 64.2 Å². The molecule has 0 saturated heterocycles. The van der Waals surface area contributed by atoms with Gasteiger partial charge in [-0.25, -0.2) is 17.8 Å². The molecule has 1 aliphatic rings. The van der Waals surface area contributed by atoms with Crippen molar-refractivity contribution in [1.82, 2.24) is 4.98 Å². The molecule has 1 N–H and O–H groups in total. The number of nitrogens with one attached hydrogen (secondary N) is 1. The summed E-state index contributed by atoms with van der Waals surface area (Å²) in [6, 6.07) is 10.4. The van der Waals surface area contributed by atoms with E-state index in [1.165, 1.54) is 30.0 Å². The van der Waals surface area contributed by atoms with Gasteiger partial charge in [0.05, 0.1) is 21.2 Å². The molecule has 1 fully saturated rings. The van der Waals surface area contributed by atoms with E-state index in [9.17, 15) is 17.6 Å². The van der Waals surface area contributed by atoms with Crippen LogP contribution in [0.3, 0.4) is 0 Å². The maximum absolute atomic E-state index is 14.2. The van der Waals surface area contributed by atoms with Gasteiger partial charge in [0.25, 0.3) is 5.91 Å². The van der Waals surface area contributed by atoms with Crippen LogP contribution < -0.4 is 5.32 Å². The molecule has 1 amide bonds. The lowest BCUT2D eigenvalue weighted by Gasteiger charge is -2.08. The molecule has 0 unspecified atom stereocenters. The lowest BCUT2D eigenvalue weighted by atomic mass is 10.1. The van der Waals surface area contributed by atoms with Crippen LogP contribution in [0.15, 0.2) is 52.7 Å². The molecule has 0 atom stereocenters. The molecule has 1 heterocycles. The molecule has 0 spiro atoms. The summed E-state index contributed by atoms with van der Waals surface area (Å²) in [4.78, 5) is 16.8. The van der Waals surface area contributed by atoms with Crippen LogP contribution in [0, 0.1) is 5.82 Å². The number of carbonyl (C=O) groups excluding carboxylic acids is 1. The topological polar surface area (TPSA) is 76.1 Å². The molecule has 8 heteroatoms. The number of anilines is 1. The number of hydrogen-bond donors (Lipinski definition) is 1. The van der Waals surface area contributed by atoms with E-state index >= 15 is 0 Å². The second-order valence-corrected chi connectivity index (χ2v) is 9.70. The van der Waals surface area contributed by atoms with Gasteiger partial charge in [0.1, 0.15) is 5.82 Å². The third-order valence-corrected chi connectivity index (χ3v) is 6.62. The number of sulfone groups is 1. The van der Waals surface area contributed by atoms with E-state index in [1.54, 1.807) is 23.5 Å². The van der Waals surface area contributed by atoms with Gasteiger partial charge in [0.15, 0.2) is 9.84 Å². The zero-order valence-corrected chi connectivity index (χ0v) is 16.6. The Bertz CT molecular complexity index is 1150. The van der Waals surface area contributed by atoms with E-state index in [1.807, 2.05) is 17.5 Å². The van der Waals surface area contributed by atoms with Crippen molar-refractivity contribution >= 4 is 32.8 Å². The zero-order chi connectivity index (χ0) is 19.9. The van der Waals surface area contributed by atoms with Gasteiger partial charge in [-0.1, -0.05) is 12.1 Å². The Morgan fingerprint density at radius 2 is 1.89 bits per heavy atom. The quantitative estimate of drug-likeness (QED) is 0.665. The number of halogens is 1. The molecule has 144 valence electrons. The molecule has 0 aliphatic heterocycles. The Morgan fingerprint density at radius 1 is 1.18 bits per heavy atom. The standard InChI is InChI=1S/C20H17FN2O3S2/c1-28(25,26)15-8-9-16(17(21)10-15)19(24)22-14-6-4-12(5-7-14)18-11-27-20(23-18)13-2-3-13/h4-11,13H,2-3H2,1H3,(H,22,24). The fourth-order valence-corrected chi connectivity index (χ4v) is 4.40. The van der Waals surface area contributed by atoms with E-state index in [-0.39, 0.29) is 10.5 Å². The summed E-state index contributed by atoms with van der Waals surface area (Å²) in [6.07, 6.45) is 3.40. The number of carbonyl (C=O) groups is 1. The minimum absolute atomic E-state index is 0.167. The van der Waals surface area contributed by atoms with Gasteiger partial charge in [-0.3, -0.25) is 4.79 Å². The fourth-order valence-electron chi connectivity index (χ4n) is 2.77.